The number of amides is 3. The van der Waals surface area contributed by atoms with Crippen molar-refractivity contribution < 1.29 is 19.1 Å². The van der Waals surface area contributed by atoms with Crippen LogP contribution in [0.5, 0.6) is 5.75 Å². The maximum absolute atomic E-state index is 13.6. The van der Waals surface area contributed by atoms with Gasteiger partial charge in [-0.1, -0.05) is 12.5 Å². The Bertz CT molecular complexity index is 1320. The number of fused-ring (bicyclic) bond motifs is 2. The number of benzene rings is 1. The number of methoxy groups -OCH3 is 1. The molecule has 11 nitrogen and oxygen atoms in total. The highest BCUT2D eigenvalue weighted by atomic mass is 16.5. The Morgan fingerprint density at radius 3 is 2.77 bits per heavy atom. The maximum Gasteiger partial charge on any atom is 0.269 e. The van der Waals surface area contributed by atoms with Crippen LogP contribution in [0.4, 0.5) is 11.6 Å². The van der Waals surface area contributed by atoms with Crippen LogP contribution in [0.3, 0.4) is 0 Å². The molecule has 0 bridgehead atoms. The summed E-state index contributed by atoms with van der Waals surface area (Å²) < 4.78 is 6.72. The number of anilines is 2. The van der Waals surface area contributed by atoms with Gasteiger partial charge >= 0.3 is 0 Å². The van der Waals surface area contributed by atoms with Crippen LogP contribution in [0, 0.1) is 5.92 Å². The molecule has 2 fully saturated rings. The highest BCUT2D eigenvalue weighted by Gasteiger charge is 2.48. The number of primary amides is 1. The molecule has 5 N–H and O–H groups in total. The van der Waals surface area contributed by atoms with Gasteiger partial charge in [0, 0.05) is 11.4 Å². The summed E-state index contributed by atoms with van der Waals surface area (Å²) in [6.45, 7) is -0.125. The molecular weight excluding hydrogens is 450 g/mol. The number of hydrogen-bond donors (Lipinski definition) is 3. The van der Waals surface area contributed by atoms with E-state index in [2.05, 4.69) is 15.4 Å². The molecule has 1 aliphatic heterocycles. The number of carbonyl (C=O) groups is 3. The van der Waals surface area contributed by atoms with Crippen LogP contribution in [0.1, 0.15) is 36.2 Å². The zero-order valence-corrected chi connectivity index (χ0v) is 19.3. The van der Waals surface area contributed by atoms with Gasteiger partial charge in [0.2, 0.25) is 11.8 Å². The highest BCUT2D eigenvalue weighted by Crippen LogP contribution is 2.41. The molecule has 1 aliphatic carbocycles. The van der Waals surface area contributed by atoms with E-state index in [1.165, 1.54) is 11.8 Å². The number of nitrogen functional groups attached to an aromatic ring is 1. The Kier molecular flexibility index (Phi) is 5.75. The van der Waals surface area contributed by atoms with Gasteiger partial charge in [-0.2, -0.15) is 5.10 Å². The third-order valence-corrected chi connectivity index (χ3v) is 6.93. The van der Waals surface area contributed by atoms with Crippen molar-refractivity contribution in [3.8, 4) is 5.75 Å². The van der Waals surface area contributed by atoms with E-state index in [9.17, 15) is 14.4 Å². The summed E-state index contributed by atoms with van der Waals surface area (Å²) in [5.41, 5.74) is 11.9. The Labute approximate surface area is 201 Å². The third kappa shape index (κ3) is 4.13. The fourth-order valence-electron chi connectivity index (χ4n) is 5.41. The first kappa shape index (κ1) is 22.6. The van der Waals surface area contributed by atoms with E-state index < -0.39 is 11.9 Å². The number of nitrogens with two attached hydrogens (primary N) is 2. The number of pyridine rings is 1. The van der Waals surface area contributed by atoms with Crippen LogP contribution in [-0.2, 0) is 16.1 Å². The molecule has 182 valence electrons. The lowest BCUT2D eigenvalue weighted by atomic mass is 10.0. The van der Waals surface area contributed by atoms with Crippen LogP contribution < -0.4 is 21.5 Å². The molecule has 3 heterocycles. The van der Waals surface area contributed by atoms with Crippen molar-refractivity contribution >= 4 is 40.3 Å². The van der Waals surface area contributed by atoms with E-state index in [4.69, 9.17) is 16.2 Å². The van der Waals surface area contributed by atoms with Crippen molar-refractivity contribution in [1.82, 2.24) is 19.7 Å². The quantitative estimate of drug-likeness (QED) is 0.485. The SMILES string of the molecule is COc1ccc2c(c1)c(C(N)=O)nn2CC(=O)N1[C@H](C(=O)Nc2cccc(N)n2)CC2CCC[C@@H]21. The molecule has 1 unspecified atom stereocenters. The van der Waals surface area contributed by atoms with E-state index >= 15 is 0 Å². The standard InChI is InChI=1S/C24H27N7O4/c1-35-14-8-9-17-15(11-14)22(23(26)33)29-30(17)12-21(32)31-16-5-2-4-13(16)10-18(31)24(34)28-20-7-3-6-19(25)27-20/h3,6-9,11,13,16,18H,2,4-5,10,12H2,1H3,(H2,26,33)(H3,25,27,28,34)/t13?,16-,18-/m0/s1. The van der Waals surface area contributed by atoms with Crippen molar-refractivity contribution in [3.63, 3.8) is 0 Å². The summed E-state index contributed by atoms with van der Waals surface area (Å²) in [4.78, 5) is 44.7. The average Bonchev–Trinajstić information content (AvgIpc) is 3.51. The van der Waals surface area contributed by atoms with Gasteiger partial charge in [-0.3, -0.25) is 19.1 Å². The Morgan fingerprint density at radius 2 is 2.03 bits per heavy atom. The maximum atomic E-state index is 13.6. The zero-order chi connectivity index (χ0) is 24.7. The van der Waals surface area contributed by atoms with Crippen LogP contribution >= 0.6 is 0 Å². The molecule has 1 aromatic carbocycles. The Morgan fingerprint density at radius 1 is 1.20 bits per heavy atom. The molecule has 3 aromatic rings. The van der Waals surface area contributed by atoms with E-state index in [0.29, 0.717) is 34.7 Å². The normalized spacial score (nSPS) is 21.2. The molecule has 3 atom stereocenters. The van der Waals surface area contributed by atoms with Crippen molar-refractivity contribution in [2.24, 2.45) is 11.7 Å². The molecule has 3 amide bonds. The van der Waals surface area contributed by atoms with Crippen LogP contribution in [0.25, 0.3) is 10.9 Å². The largest absolute Gasteiger partial charge is 0.497 e. The van der Waals surface area contributed by atoms with Gasteiger partial charge in [0.15, 0.2) is 5.69 Å². The number of hydrogen-bond acceptors (Lipinski definition) is 7. The molecule has 2 aliphatic rings. The van der Waals surface area contributed by atoms with Gasteiger partial charge in [0.05, 0.1) is 12.6 Å². The van der Waals surface area contributed by atoms with Crippen LogP contribution in [0.2, 0.25) is 0 Å². The minimum absolute atomic E-state index is 0.00965. The first-order chi connectivity index (χ1) is 16.9. The van der Waals surface area contributed by atoms with Crippen molar-refractivity contribution in [3.05, 3.63) is 42.1 Å². The lowest BCUT2D eigenvalue weighted by molar-refractivity contribution is -0.139. The molecule has 1 saturated carbocycles. The van der Waals surface area contributed by atoms with Gasteiger partial charge in [0.1, 0.15) is 30.0 Å². The highest BCUT2D eigenvalue weighted by molar-refractivity contribution is 6.05. The number of nitrogens with zero attached hydrogens (tertiary/aromatic N) is 4. The van der Waals surface area contributed by atoms with E-state index in [0.717, 1.165) is 19.3 Å². The molecular formula is C24H27N7O4. The Hall–Kier alpha value is -4.15. The second-order valence-electron chi connectivity index (χ2n) is 9.00. The van der Waals surface area contributed by atoms with Crippen LogP contribution in [0.15, 0.2) is 36.4 Å². The van der Waals surface area contributed by atoms with Crippen LogP contribution in [-0.4, -0.2) is 56.6 Å². The summed E-state index contributed by atoms with van der Waals surface area (Å²) in [5, 5.41) is 7.63. The topological polar surface area (TPSA) is 158 Å². The number of carbonyl (C=O) groups excluding carboxylic acids is 3. The summed E-state index contributed by atoms with van der Waals surface area (Å²) in [6, 6.07) is 9.50. The third-order valence-electron chi connectivity index (χ3n) is 6.93. The van der Waals surface area contributed by atoms with E-state index in [1.54, 1.807) is 41.3 Å². The number of likely N-dealkylation sites (tertiary alicyclic amines) is 1. The van der Waals surface area contributed by atoms with E-state index in [-0.39, 0.29) is 36.0 Å². The smallest absolute Gasteiger partial charge is 0.269 e. The first-order valence-electron chi connectivity index (χ1n) is 11.5. The molecule has 35 heavy (non-hydrogen) atoms. The van der Waals surface area contributed by atoms with Crippen molar-refractivity contribution in [2.75, 3.05) is 18.2 Å². The molecule has 1 saturated heterocycles. The first-order valence-corrected chi connectivity index (χ1v) is 11.5. The lowest BCUT2D eigenvalue weighted by Crippen LogP contribution is -2.48. The number of rotatable bonds is 6. The second kappa shape index (κ2) is 8.90. The minimum atomic E-state index is -0.696. The molecule has 11 heteroatoms. The number of nitrogens with one attached hydrogen (secondary N) is 1. The lowest BCUT2D eigenvalue weighted by Gasteiger charge is -2.29. The molecule has 0 spiro atoms. The van der Waals surface area contributed by atoms with Crippen molar-refractivity contribution in [1.29, 1.82) is 0 Å². The molecule has 5 rings (SSSR count). The fourth-order valence-corrected chi connectivity index (χ4v) is 5.41. The van der Waals surface area contributed by atoms with Gasteiger partial charge in [-0.15, -0.1) is 0 Å². The Balaban J connectivity index is 1.43. The predicted octanol–water partition coefficient (Wildman–Crippen LogP) is 1.53. The summed E-state index contributed by atoms with van der Waals surface area (Å²) in [6.07, 6.45) is 3.43. The van der Waals surface area contributed by atoms with E-state index in [1.807, 2.05) is 0 Å². The summed E-state index contributed by atoms with van der Waals surface area (Å²) in [7, 11) is 1.52. The van der Waals surface area contributed by atoms with Crippen molar-refractivity contribution in [2.45, 2.75) is 44.3 Å². The average molecular weight is 478 g/mol. The number of ether oxygens (including phenoxy) is 1. The second-order valence-corrected chi connectivity index (χ2v) is 9.00. The van der Waals surface area contributed by atoms with Gasteiger partial charge in [0.25, 0.3) is 5.91 Å². The fraction of sp³-hybridized carbons (Fsp3) is 0.375. The number of aromatic nitrogens is 3. The predicted molar refractivity (Wildman–Crippen MR) is 128 cm³/mol. The molecule has 0 radical (unpaired) electrons. The van der Waals surface area contributed by atoms with Gasteiger partial charge in [-0.25, -0.2) is 4.98 Å². The van der Waals surface area contributed by atoms with Gasteiger partial charge in [-0.05, 0) is 55.5 Å². The summed E-state index contributed by atoms with van der Waals surface area (Å²) in [5.74, 6) is 0.229. The monoisotopic (exact) mass is 477 g/mol. The minimum Gasteiger partial charge on any atom is -0.497 e. The summed E-state index contributed by atoms with van der Waals surface area (Å²) >= 11 is 0. The zero-order valence-electron chi connectivity index (χ0n) is 19.3. The van der Waals surface area contributed by atoms with Gasteiger partial charge < -0.3 is 26.4 Å². The molecule has 2 aromatic heterocycles.